The van der Waals surface area contributed by atoms with Crippen LogP contribution in [-0.4, -0.2) is 34.0 Å². The molecular weight excluding hydrogens is 220 g/mol. The molecule has 2 fully saturated rings. The van der Waals surface area contributed by atoms with Crippen LogP contribution in [0.25, 0.3) is 0 Å². The number of hydrogen-bond donors (Lipinski definition) is 0. The smallest absolute Gasteiger partial charge is 0.341 e. The average molecular weight is 244 g/mol. The largest absolute Gasteiger partial charge is 0.394 e. The topological polar surface area (TPSA) is 31.0 Å². The van der Waals surface area contributed by atoms with Gasteiger partial charge in [0.05, 0.1) is 12.2 Å². The van der Waals surface area contributed by atoms with Crippen molar-refractivity contribution in [2.75, 3.05) is 13.2 Å². The summed E-state index contributed by atoms with van der Waals surface area (Å²) in [7, 11) is -1.96. The van der Waals surface area contributed by atoms with E-state index in [2.05, 4.69) is 20.8 Å². The van der Waals surface area contributed by atoms with Crippen molar-refractivity contribution in [3.8, 4) is 0 Å². The molecule has 0 bridgehead atoms. The number of fused-ring (bicyclic) bond motifs is 1. The first-order valence-electron chi connectivity index (χ1n) is 6.69. The van der Waals surface area contributed by atoms with Gasteiger partial charge < -0.3 is 13.6 Å². The Labute approximate surface area is 99.7 Å². The minimum Gasteiger partial charge on any atom is -0.394 e. The maximum absolute atomic E-state index is 6.09. The molecule has 0 amide bonds. The van der Waals surface area contributed by atoms with E-state index in [0.29, 0.717) is 17.7 Å². The van der Waals surface area contributed by atoms with Crippen molar-refractivity contribution in [1.82, 2.24) is 0 Å². The third kappa shape index (κ3) is 2.35. The number of epoxide rings is 1. The summed E-state index contributed by atoms with van der Waals surface area (Å²) >= 11 is 0. The van der Waals surface area contributed by atoms with Crippen molar-refractivity contribution in [3.63, 3.8) is 0 Å². The quantitative estimate of drug-likeness (QED) is 0.532. The molecule has 16 heavy (non-hydrogen) atoms. The molecule has 1 heterocycles. The Morgan fingerprint density at radius 2 is 1.75 bits per heavy atom. The zero-order valence-electron chi connectivity index (χ0n) is 10.7. The van der Waals surface area contributed by atoms with Crippen LogP contribution in [0.5, 0.6) is 0 Å². The molecule has 2 rings (SSSR count). The standard InChI is InChI=1S/C12H24O3Si/c1-4-13-16(6-3,14-5-2)10-7-8-11-12(9-10)15-11/h10-12H,4-9H2,1-3H3. The summed E-state index contributed by atoms with van der Waals surface area (Å²) in [6.07, 6.45) is 4.72. The van der Waals surface area contributed by atoms with E-state index in [4.69, 9.17) is 13.6 Å². The second-order valence-corrected chi connectivity index (χ2v) is 8.48. The van der Waals surface area contributed by atoms with Crippen LogP contribution in [0.15, 0.2) is 0 Å². The Balaban J connectivity index is 2.02. The number of ether oxygens (including phenoxy) is 1. The monoisotopic (exact) mass is 244 g/mol. The molecule has 0 spiro atoms. The van der Waals surface area contributed by atoms with Crippen molar-refractivity contribution in [1.29, 1.82) is 0 Å². The highest BCUT2D eigenvalue weighted by Gasteiger charge is 2.53. The highest BCUT2D eigenvalue weighted by atomic mass is 28.4. The SMILES string of the molecule is CCO[Si](CC)(OCC)C1CCC2OC2C1. The average Bonchev–Trinajstić information content (AvgIpc) is 3.06. The van der Waals surface area contributed by atoms with Crippen molar-refractivity contribution in [3.05, 3.63) is 0 Å². The highest BCUT2D eigenvalue weighted by Crippen LogP contribution is 2.47. The van der Waals surface area contributed by atoms with E-state index in [0.717, 1.165) is 19.3 Å². The molecule has 0 N–H and O–H groups in total. The van der Waals surface area contributed by atoms with Crippen LogP contribution in [0.3, 0.4) is 0 Å². The number of rotatable bonds is 6. The van der Waals surface area contributed by atoms with Crippen LogP contribution in [0.2, 0.25) is 11.6 Å². The molecule has 1 aliphatic heterocycles. The summed E-state index contributed by atoms with van der Waals surface area (Å²) in [5.41, 5.74) is 0.640. The second kappa shape index (κ2) is 5.17. The van der Waals surface area contributed by atoms with Gasteiger partial charge in [-0.25, -0.2) is 0 Å². The summed E-state index contributed by atoms with van der Waals surface area (Å²) < 4.78 is 17.8. The fourth-order valence-corrected chi connectivity index (χ4v) is 6.78. The van der Waals surface area contributed by atoms with Crippen LogP contribution in [0, 0.1) is 0 Å². The Kier molecular flexibility index (Phi) is 4.05. The van der Waals surface area contributed by atoms with Crippen molar-refractivity contribution in [2.24, 2.45) is 0 Å². The normalized spacial score (nSPS) is 33.6. The van der Waals surface area contributed by atoms with Gasteiger partial charge in [0.15, 0.2) is 0 Å². The molecular formula is C12H24O3Si. The van der Waals surface area contributed by atoms with E-state index in [-0.39, 0.29) is 0 Å². The summed E-state index contributed by atoms with van der Waals surface area (Å²) in [6.45, 7) is 7.94. The molecule has 4 heteroatoms. The molecule has 0 aromatic carbocycles. The Bertz CT molecular complexity index is 228. The first-order valence-corrected chi connectivity index (χ1v) is 8.79. The molecule has 0 aromatic rings. The predicted octanol–water partition coefficient (Wildman–Crippen LogP) is 2.84. The lowest BCUT2D eigenvalue weighted by Crippen LogP contribution is -2.47. The van der Waals surface area contributed by atoms with Gasteiger partial charge in [-0.1, -0.05) is 6.92 Å². The minimum atomic E-state index is -1.96. The van der Waals surface area contributed by atoms with E-state index in [1.165, 1.54) is 19.3 Å². The first-order chi connectivity index (χ1) is 7.75. The van der Waals surface area contributed by atoms with E-state index >= 15 is 0 Å². The maximum Gasteiger partial charge on any atom is 0.341 e. The lowest BCUT2D eigenvalue weighted by molar-refractivity contribution is 0.166. The van der Waals surface area contributed by atoms with Gasteiger partial charge in [-0.15, -0.1) is 0 Å². The Morgan fingerprint density at radius 1 is 1.06 bits per heavy atom. The molecule has 2 aliphatic rings. The molecule has 94 valence electrons. The zero-order valence-corrected chi connectivity index (χ0v) is 11.7. The Morgan fingerprint density at radius 3 is 2.25 bits per heavy atom. The lowest BCUT2D eigenvalue weighted by Gasteiger charge is -2.37. The maximum atomic E-state index is 6.09. The van der Waals surface area contributed by atoms with Crippen molar-refractivity contribution in [2.45, 2.75) is 63.8 Å². The van der Waals surface area contributed by atoms with Crippen molar-refractivity contribution < 1.29 is 13.6 Å². The molecule has 0 radical (unpaired) electrons. The molecule has 1 saturated carbocycles. The van der Waals surface area contributed by atoms with Gasteiger partial charge in [0.1, 0.15) is 0 Å². The fourth-order valence-electron chi connectivity index (χ4n) is 3.06. The zero-order chi connectivity index (χ0) is 11.6. The highest BCUT2D eigenvalue weighted by molar-refractivity contribution is 6.69. The van der Waals surface area contributed by atoms with E-state index in [9.17, 15) is 0 Å². The number of hydrogen-bond acceptors (Lipinski definition) is 3. The molecule has 1 saturated heterocycles. The lowest BCUT2D eigenvalue weighted by atomic mass is 10.0. The van der Waals surface area contributed by atoms with Gasteiger partial charge >= 0.3 is 8.56 Å². The molecule has 3 atom stereocenters. The van der Waals surface area contributed by atoms with Crippen LogP contribution in [0.1, 0.15) is 40.0 Å². The molecule has 3 nitrogen and oxygen atoms in total. The van der Waals surface area contributed by atoms with E-state index < -0.39 is 8.56 Å². The van der Waals surface area contributed by atoms with Gasteiger partial charge in [0.25, 0.3) is 0 Å². The van der Waals surface area contributed by atoms with Crippen LogP contribution >= 0.6 is 0 Å². The second-order valence-electron chi connectivity index (χ2n) is 4.75. The van der Waals surface area contributed by atoms with Crippen molar-refractivity contribution >= 4 is 8.56 Å². The van der Waals surface area contributed by atoms with Crippen LogP contribution in [-0.2, 0) is 13.6 Å². The Hall–Kier alpha value is 0.0969. The molecule has 1 aliphatic carbocycles. The van der Waals surface area contributed by atoms with Crippen LogP contribution in [0.4, 0.5) is 0 Å². The summed E-state index contributed by atoms with van der Waals surface area (Å²) in [4.78, 5) is 0. The first kappa shape index (κ1) is 12.6. The molecule has 3 unspecified atom stereocenters. The third-order valence-corrected chi connectivity index (χ3v) is 8.20. The summed E-state index contributed by atoms with van der Waals surface area (Å²) in [5.74, 6) is 0. The van der Waals surface area contributed by atoms with Gasteiger partial charge in [-0.3, -0.25) is 0 Å². The molecule has 0 aromatic heterocycles. The van der Waals surface area contributed by atoms with Gasteiger partial charge in [0.2, 0.25) is 0 Å². The van der Waals surface area contributed by atoms with Crippen LogP contribution < -0.4 is 0 Å². The summed E-state index contributed by atoms with van der Waals surface area (Å²) in [6, 6.07) is 1.07. The van der Waals surface area contributed by atoms with Gasteiger partial charge in [0, 0.05) is 18.8 Å². The van der Waals surface area contributed by atoms with Gasteiger partial charge in [-0.05, 0) is 39.2 Å². The van der Waals surface area contributed by atoms with Gasteiger partial charge in [-0.2, -0.15) is 0 Å². The fraction of sp³-hybridized carbons (Fsp3) is 1.00. The van der Waals surface area contributed by atoms with E-state index in [1.54, 1.807) is 0 Å². The minimum absolute atomic E-state index is 0.526. The third-order valence-electron chi connectivity index (χ3n) is 3.90. The van der Waals surface area contributed by atoms with E-state index in [1.807, 2.05) is 0 Å². The summed E-state index contributed by atoms with van der Waals surface area (Å²) in [5, 5.41) is 0. The predicted molar refractivity (Wildman–Crippen MR) is 65.7 cm³/mol.